The SMILES string of the molecule is CCC1CC1(C#Cc1cccc(C)n1)CC. The molecule has 2 unspecified atom stereocenters. The van der Waals surface area contributed by atoms with Crippen molar-refractivity contribution in [1.29, 1.82) is 0 Å². The van der Waals surface area contributed by atoms with Crippen LogP contribution in [-0.2, 0) is 0 Å². The van der Waals surface area contributed by atoms with Gasteiger partial charge in [-0.3, -0.25) is 0 Å². The second-order valence-corrected chi connectivity index (χ2v) is 4.73. The molecule has 84 valence electrons. The van der Waals surface area contributed by atoms with E-state index in [0.29, 0.717) is 5.41 Å². The lowest BCUT2D eigenvalue weighted by molar-refractivity contribution is 0.557. The fourth-order valence-electron chi connectivity index (χ4n) is 2.39. The Kier molecular flexibility index (Phi) is 3.01. The van der Waals surface area contributed by atoms with Crippen LogP contribution in [0, 0.1) is 30.1 Å². The maximum Gasteiger partial charge on any atom is 0.113 e. The molecule has 0 saturated heterocycles. The molecule has 0 amide bonds. The number of nitrogens with zero attached hydrogens (tertiary/aromatic N) is 1. The van der Waals surface area contributed by atoms with Crippen LogP contribution >= 0.6 is 0 Å². The van der Waals surface area contributed by atoms with Crippen molar-refractivity contribution in [3.63, 3.8) is 0 Å². The lowest BCUT2D eigenvalue weighted by Gasteiger charge is -2.04. The average Bonchev–Trinajstić information content (AvgIpc) is 3.01. The Bertz CT molecular complexity index is 438. The van der Waals surface area contributed by atoms with Crippen LogP contribution in [0.5, 0.6) is 0 Å². The topological polar surface area (TPSA) is 12.9 Å². The van der Waals surface area contributed by atoms with Gasteiger partial charge in [0.2, 0.25) is 0 Å². The van der Waals surface area contributed by atoms with Gasteiger partial charge in [-0.15, -0.1) is 0 Å². The third-order valence-electron chi connectivity index (χ3n) is 3.68. The molecule has 1 fully saturated rings. The number of aryl methyl sites for hydroxylation is 1. The molecule has 0 radical (unpaired) electrons. The summed E-state index contributed by atoms with van der Waals surface area (Å²) in [5.74, 6) is 7.51. The third kappa shape index (κ3) is 2.11. The molecule has 2 atom stereocenters. The van der Waals surface area contributed by atoms with E-state index in [-0.39, 0.29) is 0 Å². The van der Waals surface area contributed by atoms with E-state index in [2.05, 4.69) is 30.7 Å². The summed E-state index contributed by atoms with van der Waals surface area (Å²) in [7, 11) is 0. The highest BCUT2D eigenvalue weighted by molar-refractivity contribution is 5.34. The highest BCUT2D eigenvalue weighted by atomic mass is 14.7. The molecule has 2 rings (SSSR count). The van der Waals surface area contributed by atoms with Gasteiger partial charge in [0.1, 0.15) is 5.69 Å². The van der Waals surface area contributed by atoms with Crippen LogP contribution in [-0.4, -0.2) is 4.98 Å². The molecular formula is C15H19N. The number of hydrogen-bond donors (Lipinski definition) is 0. The van der Waals surface area contributed by atoms with Crippen LogP contribution in [0.15, 0.2) is 18.2 Å². The molecule has 0 aromatic carbocycles. The first-order valence-electron chi connectivity index (χ1n) is 6.17. The average molecular weight is 213 g/mol. The standard InChI is InChI=1S/C15H19N/c1-4-13-11-15(13,5-2)10-9-14-8-6-7-12(3)16-14/h6-8,13H,4-5,11H2,1-3H3. The van der Waals surface area contributed by atoms with Gasteiger partial charge in [-0.2, -0.15) is 0 Å². The minimum absolute atomic E-state index is 0.306. The zero-order valence-corrected chi connectivity index (χ0v) is 10.4. The lowest BCUT2D eigenvalue weighted by Crippen LogP contribution is -1.98. The second-order valence-electron chi connectivity index (χ2n) is 4.73. The van der Waals surface area contributed by atoms with Crippen LogP contribution in [0.1, 0.15) is 44.5 Å². The molecular weight excluding hydrogens is 194 g/mol. The summed E-state index contributed by atoms with van der Waals surface area (Å²) in [4.78, 5) is 4.42. The minimum atomic E-state index is 0.306. The highest BCUT2D eigenvalue weighted by Gasteiger charge is 2.50. The summed E-state index contributed by atoms with van der Waals surface area (Å²) in [6, 6.07) is 6.02. The Morgan fingerprint density at radius 1 is 1.44 bits per heavy atom. The molecule has 1 saturated carbocycles. The van der Waals surface area contributed by atoms with E-state index in [1.807, 2.05) is 25.1 Å². The molecule has 1 nitrogen and oxygen atoms in total. The predicted octanol–water partition coefficient (Wildman–Crippen LogP) is 3.57. The van der Waals surface area contributed by atoms with Crippen molar-refractivity contribution < 1.29 is 0 Å². The minimum Gasteiger partial charge on any atom is -0.245 e. The monoisotopic (exact) mass is 213 g/mol. The van der Waals surface area contributed by atoms with Crippen molar-refractivity contribution in [2.75, 3.05) is 0 Å². The third-order valence-corrected chi connectivity index (χ3v) is 3.68. The summed E-state index contributed by atoms with van der Waals surface area (Å²) in [6.07, 6.45) is 3.70. The Balaban J connectivity index is 2.16. The van der Waals surface area contributed by atoms with Crippen molar-refractivity contribution in [3.05, 3.63) is 29.6 Å². The highest BCUT2D eigenvalue weighted by Crippen LogP contribution is 2.56. The fourth-order valence-corrected chi connectivity index (χ4v) is 2.39. The molecule has 0 N–H and O–H groups in total. The van der Waals surface area contributed by atoms with Gasteiger partial charge in [-0.1, -0.05) is 32.3 Å². The van der Waals surface area contributed by atoms with Gasteiger partial charge < -0.3 is 0 Å². The smallest absolute Gasteiger partial charge is 0.113 e. The quantitative estimate of drug-likeness (QED) is 0.684. The number of aromatic nitrogens is 1. The maximum atomic E-state index is 4.42. The Labute approximate surface area is 98.3 Å². The van der Waals surface area contributed by atoms with Crippen molar-refractivity contribution in [1.82, 2.24) is 4.98 Å². The van der Waals surface area contributed by atoms with Gasteiger partial charge in [0, 0.05) is 11.1 Å². The molecule has 0 spiro atoms. The molecule has 1 heterocycles. The summed E-state index contributed by atoms with van der Waals surface area (Å²) in [6.45, 7) is 6.51. The lowest BCUT2D eigenvalue weighted by atomic mass is 10.00. The van der Waals surface area contributed by atoms with E-state index in [4.69, 9.17) is 0 Å². The first kappa shape index (κ1) is 11.2. The number of pyridine rings is 1. The van der Waals surface area contributed by atoms with Gasteiger partial charge >= 0.3 is 0 Å². The Hall–Kier alpha value is -1.29. The van der Waals surface area contributed by atoms with Crippen LogP contribution < -0.4 is 0 Å². The van der Waals surface area contributed by atoms with Gasteiger partial charge in [0.15, 0.2) is 0 Å². The van der Waals surface area contributed by atoms with Gasteiger partial charge in [-0.05, 0) is 43.7 Å². The Morgan fingerprint density at radius 2 is 2.25 bits per heavy atom. The van der Waals surface area contributed by atoms with E-state index in [1.165, 1.54) is 19.3 Å². The summed E-state index contributed by atoms with van der Waals surface area (Å²) in [5, 5.41) is 0. The van der Waals surface area contributed by atoms with Crippen LogP contribution in [0.2, 0.25) is 0 Å². The van der Waals surface area contributed by atoms with E-state index in [9.17, 15) is 0 Å². The zero-order valence-electron chi connectivity index (χ0n) is 10.4. The molecule has 1 aromatic heterocycles. The molecule has 0 bridgehead atoms. The van der Waals surface area contributed by atoms with Crippen molar-refractivity contribution in [2.45, 2.75) is 40.0 Å². The van der Waals surface area contributed by atoms with E-state index < -0.39 is 0 Å². The zero-order chi connectivity index (χ0) is 11.6. The molecule has 1 aliphatic rings. The summed E-state index contributed by atoms with van der Waals surface area (Å²) in [5.41, 5.74) is 2.26. The number of rotatable bonds is 2. The molecule has 0 aliphatic heterocycles. The van der Waals surface area contributed by atoms with Gasteiger partial charge in [0.25, 0.3) is 0 Å². The number of hydrogen-bond acceptors (Lipinski definition) is 1. The molecule has 1 aliphatic carbocycles. The first-order chi connectivity index (χ1) is 7.70. The summed E-state index contributed by atoms with van der Waals surface area (Å²) >= 11 is 0. The molecule has 16 heavy (non-hydrogen) atoms. The molecule has 1 aromatic rings. The van der Waals surface area contributed by atoms with Crippen molar-refractivity contribution in [3.8, 4) is 11.8 Å². The maximum absolute atomic E-state index is 4.42. The van der Waals surface area contributed by atoms with Crippen molar-refractivity contribution >= 4 is 0 Å². The van der Waals surface area contributed by atoms with E-state index in [0.717, 1.165) is 17.3 Å². The van der Waals surface area contributed by atoms with E-state index in [1.54, 1.807) is 0 Å². The summed E-state index contributed by atoms with van der Waals surface area (Å²) < 4.78 is 0. The van der Waals surface area contributed by atoms with Crippen LogP contribution in [0.3, 0.4) is 0 Å². The largest absolute Gasteiger partial charge is 0.245 e. The normalized spacial score (nSPS) is 27.1. The van der Waals surface area contributed by atoms with Gasteiger partial charge in [0.05, 0.1) is 0 Å². The van der Waals surface area contributed by atoms with Crippen LogP contribution in [0.25, 0.3) is 0 Å². The van der Waals surface area contributed by atoms with Crippen LogP contribution in [0.4, 0.5) is 0 Å². The van der Waals surface area contributed by atoms with Gasteiger partial charge in [-0.25, -0.2) is 4.98 Å². The predicted molar refractivity (Wildman–Crippen MR) is 67.0 cm³/mol. The van der Waals surface area contributed by atoms with Crippen molar-refractivity contribution in [2.24, 2.45) is 11.3 Å². The second kappa shape index (κ2) is 4.29. The Morgan fingerprint density at radius 3 is 2.81 bits per heavy atom. The molecule has 1 heteroatoms. The van der Waals surface area contributed by atoms with E-state index >= 15 is 0 Å². The fraction of sp³-hybridized carbons (Fsp3) is 0.533. The first-order valence-corrected chi connectivity index (χ1v) is 6.17.